The number of nitrogens with one attached hydrogen (secondary N) is 1. The second kappa shape index (κ2) is 7.87. The molecule has 152 valence electrons. The number of carbonyl (C=O) groups excluding carboxylic acids is 1. The van der Waals surface area contributed by atoms with Gasteiger partial charge in [0.15, 0.2) is 5.65 Å². The molecule has 0 bridgehead atoms. The fraction of sp³-hybridized carbons (Fsp3) is 0.0417. The van der Waals surface area contributed by atoms with E-state index >= 15 is 0 Å². The van der Waals surface area contributed by atoms with Crippen molar-refractivity contribution < 1.29 is 13.6 Å². The molecule has 0 aliphatic rings. The lowest BCUT2D eigenvalue weighted by atomic mass is 10.1. The lowest BCUT2D eigenvalue weighted by Crippen LogP contribution is -2.25. The van der Waals surface area contributed by atoms with Crippen LogP contribution in [-0.2, 0) is 6.54 Å². The lowest BCUT2D eigenvalue weighted by molar-refractivity contribution is 0.0940. The number of furan rings is 1. The van der Waals surface area contributed by atoms with Crippen molar-refractivity contribution in [1.82, 2.24) is 19.9 Å². The molecule has 3 aromatic heterocycles. The first-order valence-corrected chi connectivity index (χ1v) is 9.71. The predicted molar refractivity (Wildman–Crippen MR) is 114 cm³/mol. The number of halogens is 1. The molecule has 1 N–H and O–H groups in total. The van der Waals surface area contributed by atoms with E-state index in [2.05, 4.69) is 15.4 Å². The number of benzene rings is 2. The largest absolute Gasteiger partial charge is 0.467 e. The van der Waals surface area contributed by atoms with Crippen LogP contribution in [0.4, 0.5) is 4.39 Å². The highest BCUT2D eigenvalue weighted by molar-refractivity contribution is 5.94. The van der Waals surface area contributed by atoms with Crippen LogP contribution < -0.4 is 5.32 Å². The van der Waals surface area contributed by atoms with Crippen LogP contribution in [0.2, 0.25) is 0 Å². The minimum atomic E-state index is -0.413. The van der Waals surface area contributed by atoms with Gasteiger partial charge in [-0.25, -0.2) is 13.9 Å². The number of rotatable bonds is 5. The second-order valence-corrected chi connectivity index (χ2v) is 6.93. The lowest BCUT2D eigenvalue weighted by Gasteiger charge is -2.09. The topological polar surface area (TPSA) is 72.4 Å². The molecule has 0 unspecified atom stereocenters. The molecule has 5 aromatic rings. The Kier molecular flexibility index (Phi) is 4.76. The minimum absolute atomic E-state index is 0.220. The summed E-state index contributed by atoms with van der Waals surface area (Å²) in [6, 6.07) is 22.8. The van der Waals surface area contributed by atoms with Gasteiger partial charge in [0.2, 0.25) is 0 Å². The van der Waals surface area contributed by atoms with Gasteiger partial charge in [-0.15, -0.1) is 0 Å². The smallest absolute Gasteiger partial charge is 0.270 e. The SMILES string of the molecule is O=C(NCc1ccco1)c1cc(-c2ccccc2F)nc2cc(-c3ccccc3)nn12. The van der Waals surface area contributed by atoms with Crippen molar-refractivity contribution in [3.63, 3.8) is 0 Å². The molecule has 0 aliphatic heterocycles. The van der Waals surface area contributed by atoms with Crippen LogP contribution in [-0.4, -0.2) is 20.5 Å². The number of hydrogen-bond donors (Lipinski definition) is 1. The third kappa shape index (κ3) is 3.69. The maximum absolute atomic E-state index is 14.4. The first-order valence-electron chi connectivity index (χ1n) is 9.71. The van der Waals surface area contributed by atoms with Crippen molar-refractivity contribution in [2.24, 2.45) is 0 Å². The third-order valence-electron chi connectivity index (χ3n) is 4.88. The van der Waals surface area contributed by atoms with E-state index in [-0.39, 0.29) is 18.1 Å². The highest BCUT2D eigenvalue weighted by Crippen LogP contribution is 2.25. The van der Waals surface area contributed by atoms with E-state index in [0.717, 1.165) is 5.56 Å². The highest BCUT2D eigenvalue weighted by atomic mass is 19.1. The zero-order valence-corrected chi connectivity index (χ0v) is 16.3. The van der Waals surface area contributed by atoms with E-state index < -0.39 is 5.82 Å². The first kappa shape index (κ1) is 18.7. The van der Waals surface area contributed by atoms with Gasteiger partial charge in [-0.2, -0.15) is 5.10 Å². The number of hydrogen-bond acceptors (Lipinski definition) is 4. The van der Waals surface area contributed by atoms with Crippen LogP contribution in [0.15, 0.2) is 89.5 Å². The zero-order chi connectivity index (χ0) is 21.2. The average molecular weight is 412 g/mol. The van der Waals surface area contributed by atoms with Gasteiger partial charge >= 0.3 is 0 Å². The van der Waals surface area contributed by atoms with Crippen LogP contribution in [0.3, 0.4) is 0 Å². The van der Waals surface area contributed by atoms with Gasteiger partial charge in [0, 0.05) is 17.2 Å². The normalized spacial score (nSPS) is 11.0. The van der Waals surface area contributed by atoms with Crippen molar-refractivity contribution in [1.29, 1.82) is 0 Å². The van der Waals surface area contributed by atoms with Crippen LogP contribution in [0.25, 0.3) is 28.2 Å². The molecule has 1 amide bonds. The van der Waals surface area contributed by atoms with E-state index in [1.807, 2.05) is 30.3 Å². The van der Waals surface area contributed by atoms with Gasteiger partial charge in [-0.1, -0.05) is 42.5 Å². The van der Waals surface area contributed by atoms with Crippen molar-refractivity contribution in [2.45, 2.75) is 6.54 Å². The number of fused-ring (bicyclic) bond motifs is 1. The van der Waals surface area contributed by atoms with E-state index in [1.165, 1.54) is 10.6 Å². The van der Waals surface area contributed by atoms with Gasteiger partial charge in [0.05, 0.1) is 24.2 Å². The van der Waals surface area contributed by atoms with Gasteiger partial charge in [-0.05, 0) is 30.3 Å². The Bertz CT molecular complexity index is 1360. The molecule has 0 radical (unpaired) electrons. The summed E-state index contributed by atoms with van der Waals surface area (Å²) >= 11 is 0. The maximum Gasteiger partial charge on any atom is 0.270 e. The Balaban J connectivity index is 1.62. The van der Waals surface area contributed by atoms with E-state index in [4.69, 9.17) is 4.42 Å². The Morgan fingerprint density at radius 1 is 0.968 bits per heavy atom. The molecule has 0 aliphatic carbocycles. The third-order valence-corrected chi connectivity index (χ3v) is 4.88. The van der Waals surface area contributed by atoms with Gasteiger partial charge in [0.1, 0.15) is 17.3 Å². The Hall–Kier alpha value is -4.26. The summed E-state index contributed by atoms with van der Waals surface area (Å²) in [6.07, 6.45) is 1.54. The van der Waals surface area contributed by atoms with Crippen molar-refractivity contribution >= 4 is 11.6 Å². The molecule has 0 saturated heterocycles. The van der Waals surface area contributed by atoms with E-state index in [0.29, 0.717) is 28.4 Å². The second-order valence-electron chi connectivity index (χ2n) is 6.93. The van der Waals surface area contributed by atoms with Crippen molar-refractivity contribution in [3.8, 4) is 22.5 Å². The van der Waals surface area contributed by atoms with Crippen LogP contribution in [0.5, 0.6) is 0 Å². The Labute approximate surface area is 177 Å². The van der Waals surface area contributed by atoms with Gasteiger partial charge in [-0.3, -0.25) is 4.79 Å². The van der Waals surface area contributed by atoms with Crippen molar-refractivity contribution in [2.75, 3.05) is 0 Å². The standard InChI is InChI=1S/C24H17FN4O2/c25-19-11-5-4-10-18(19)21-13-22(24(30)26-15-17-9-6-12-31-17)29-23(27-21)14-20(28-29)16-7-2-1-3-8-16/h1-14H,15H2,(H,26,30). The van der Waals surface area contributed by atoms with Gasteiger partial charge in [0.25, 0.3) is 5.91 Å². The Morgan fingerprint density at radius 2 is 1.77 bits per heavy atom. The molecule has 3 heterocycles. The molecule has 0 fully saturated rings. The first-order chi connectivity index (χ1) is 15.2. The van der Waals surface area contributed by atoms with E-state index in [9.17, 15) is 9.18 Å². The summed E-state index contributed by atoms with van der Waals surface area (Å²) < 4.78 is 21.2. The zero-order valence-electron chi connectivity index (χ0n) is 16.3. The summed E-state index contributed by atoms with van der Waals surface area (Å²) in [7, 11) is 0. The molecule has 5 rings (SSSR count). The van der Waals surface area contributed by atoms with Crippen LogP contribution >= 0.6 is 0 Å². The molecule has 0 atom stereocenters. The fourth-order valence-electron chi connectivity index (χ4n) is 3.36. The van der Waals surface area contributed by atoms with E-state index in [1.54, 1.807) is 48.7 Å². The quantitative estimate of drug-likeness (QED) is 0.453. The number of aromatic nitrogens is 3. The predicted octanol–water partition coefficient (Wildman–Crippen LogP) is 4.73. The van der Waals surface area contributed by atoms with Crippen LogP contribution in [0, 0.1) is 5.82 Å². The van der Waals surface area contributed by atoms with Crippen molar-refractivity contribution in [3.05, 3.63) is 102 Å². The molecule has 6 nitrogen and oxygen atoms in total. The number of carbonyl (C=O) groups is 1. The number of nitrogens with zero attached hydrogens (tertiary/aromatic N) is 3. The Morgan fingerprint density at radius 3 is 2.55 bits per heavy atom. The molecule has 0 spiro atoms. The average Bonchev–Trinajstić information content (AvgIpc) is 3.47. The minimum Gasteiger partial charge on any atom is -0.467 e. The fourth-order valence-corrected chi connectivity index (χ4v) is 3.36. The van der Waals surface area contributed by atoms with Gasteiger partial charge < -0.3 is 9.73 Å². The molecule has 31 heavy (non-hydrogen) atoms. The summed E-state index contributed by atoms with van der Waals surface area (Å²) in [4.78, 5) is 17.6. The molecular weight excluding hydrogens is 395 g/mol. The monoisotopic (exact) mass is 412 g/mol. The molecule has 7 heteroatoms. The molecule has 0 saturated carbocycles. The maximum atomic E-state index is 14.4. The summed E-state index contributed by atoms with van der Waals surface area (Å²) in [5, 5.41) is 7.40. The summed E-state index contributed by atoms with van der Waals surface area (Å²) in [6.45, 7) is 0.220. The molecular formula is C24H17FN4O2. The molecule has 2 aromatic carbocycles. The number of amides is 1. The summed E-state index contributed by atoms with van der Waals surface area (Å²) in [5.41, 5.74) is 2.92. The highest BCUT2D eigenvalue weighted by Gasteiger charge is 2.18. The summed E-state index contributed by atoms with van der Waals surface area (Å²) in [5.74, 6) is -0.161. The van der Waals surface area contributed by atoms with Crippen LogP contribution in [0.1, 0.15) is 16.2 Å².